The number of hydrogen-bond acceptors (Lipinski definition) is 3. The molecule has 0 saturated carbocycles. The van der Waals surface area contributed by atoms with Gasteiger partial charge in [0, 0.05) is 45.4 Å². The fraction of sp³-hybridized carbons (Fsp3) is 0.133. The Kier molecular flexibility index (Phi) is 16.6. The molecule has 2 aliphatic rings. The Bertz CT molecular complexity index is 4640. The van der Waals surface area contributed by atoms with Gasteiger partial charge in [-0.15, -0.1) is 0 Å². The van der Waals surface area contributed by atoms with E-state index in [-0.39, 0.29) is 12.6 Å². The maximum atomic E-state index is 4.44. The van der Waals surface area contributed by atoms with Crippen molar-refractivity contribution in [1.29, 1.82) is 0 Å². The van der Waals surface area contributed by atoms with Crippen LogP contribution in [-0.2, 0) is 0 Å². The lowest BCUT2D eigenvalue weighted by Gasteiger charge is -2.43. The highest BCUT2D eigenvalue weighted by Gasteiger charge is 2.48. The maximum absolute atomic E-state index is 4.44. The molecule has 0 fully saturated rings. The lowest BCUT2D eigenvalue weighted by Crippen LogP contribution is -2.75. The third-order valence-corrected chi connectivity index (χ3v) is 30.2. The summed E-state index contributed by atoms with van der Waals surface area (Å²) in [5, 5.41) is 15.2. The fourth-order valence-corrected chi connectivity index (χ4v) is 25.3. The minimum absolute atomic E-state index is 0.188. The number of rotatable bonds is 17. The predicted octanol–water partition coefficient (Wildman–Crippen LogP) is 16.4. The molecule has 0 saturated heterocycles. The van der Waals surface area contributed by atoms with E-state index in [1.807, 2.05) is 0 Å². The first-order valence-electron chi connectivity index (χ1n) is 34.5. The Balaban J connectivity index is 1.07. The Hall–Kier alpha value is -10.2. The van der Waals surface area contributed by atoms with Crippen molar-refractivity contribution in [3.8, 4) is 11.1 Å². The molecular weight excluding hydrogens is 1190 g/mol. The summed E-state index contributed by atoms with van der Waals surface area (Å²) in [6.45, 7) is 18.2. The standard InChI is InChI=1S/C90H82BN3Si2/c1-62(2)66-42-44-69(45-43-66)83-60-82(96(78-35-21-12-22-36-78,79-37-23-13-24-38-79)80-39-25-14-26-40-80)61-85-90(83)92-86-58-74(93(71-51-46-67(47-52-71)63(3)4)72-53-48-68(49-54-72)64(5)6)59-88-89(86)91(85)84-56-70(65(7)8)50-55-87(84)94(88)73-28-27-41-81(57-73)95(75-29-15-9-16-30-75,76-31-17-10-18-32-76)77-33-19-11-20-34-77/h9-65,92H,1-8H3. The number of fused-ring (bicyclic) bond motifs is 4. The van der Waals surface area contributed by atoms with Crippen LogP contribution in [0, 0.1) is 0 Å². The third-order valence-electron chi connectivity index (χ3n) is 20.7. The number of nitrogens with one attached hydrogen (secondary N) is 1. The molecule has 0 spiro atoms. The molecule has 13 aromatic rings. The first-order chi connectivity index (χ1) is 46.9. The monoisotopic (exact) mass is 1270 g/mol. The molecule has 15 rings (SSSR count). The van der Waals surface area contributed by atoms with Crippen LogP contribution in [0.15, 0.2) is 322 Å². The van der Waals surface area contributed by atoms with Gasteiger partial charge in [-0.3, -0.25) is 0 Å². The van der Waals surface area contributed by atoms with Gasteiger partial charge < -0.3 is 15.1 Å². The summed E-state index contributed by atoms with van der Waals surface area (Å²) in [5.74, 6) is 1.43. The normalized spacial score (nSPS) is 12.6. The van der Waals surface area contributed by atoms with E-state index in [1.54, 1.807) is 0 Å². The zero-order valence-corrected chi connectivity index (χ0v) is 58.4. The van der Waals surface area contributed by atoms with E-state index in [4.69, 9.17) is 0 Å². The van der Waals surface area contributed by atoms with Crippen molar-refractivity contribution in [3.63, 3.8) is 0 Å². The molecule has 0 radical (unpaired) electrons. The van der Waals surface area contributed by atoms with E-state index < -0.39 is 16.1 Å². The molecule has 0 aromatic heterocycles. The summed E-state index contributed by atoms with van der Waals surface area (Å²) in [4.78, 5) is 5.14. The van der Waals surface area contributed by atoms with E-state index >= 15 is 0 Å². The van der Waals surface area contributed by atoms with E-state index in [0.29, 0.717) is 17.8 Å². The molecule has 3 nitrogen and oxygen atoms in total. The molecular formula is C90H82BN3Si2. The van der Waals surface area contributed by atoms with Gasteiger partial charge in [0.1, 0.15) is 0 Å². The molecule has 0 unspecified atom stereocenters. The van der Waals surface area contributed by atoms with Gasteiger partial charge in [-0.2, -0.15) is 0 Å². The molecule has 6 heteroatoms. The summed E-state index contributed by atoms with van der Waals surface area (Å²) in [6.07, 6.45) is 0. The van der Waals surface area contributed by atoms with Crippen molar-refractivity contribution in [3.05, 3.63) is 344 Å². The van der Waals surface area contributed by atoms with Crippen LogP contribution >= 0.6 is 0 Å². The average Bonchev–Trinajstić information content (AvgIpc) is 0.698. The minimum Gasteiger partial charge on any atom is -0.356 e. The largest absolute Gasteiger partial charge is 0.356 e. The molecule has 0 bridgehead atoms. The second-order valence-corrected chi connectivity index (χ2v) is 35.3. The highest BCUT2D eigenvalue weighted by molar-refractivity contribution is 7.20. The lowest BCUT2D eigenvalue weighted by atomic mass is 9.33. The Morgan fingerprint density at radius 3 is 1.14 bits per heavy atom. The van der Waals surface area contributed by atoms with Crippen LogP contribution in [0.4, 0.5) is 45.5 Å². The van der Waals surface area contributed by atoms with Crippen LogP contribution in [0.25, 0.3) is 11.1 Å². The van der Waals surface area contributed by atoms with Crippen LogP contribution in [0.3, 0.4) is 0 Å². The zero-order valence-electron chi connectivity index (χ0n) is 56.4. The SMILES string of the molecule is CC(C)c1ccc(-c2cc([Si](c3ccccc3)(c3ccccc3)c3ccccc3)cc3c2Nc2cc(N(c4ccc(C(C)C)cc4)c4ccc(C(C)C)cc4)cc4c2B3c2cc(C(C)C)ccc2N4c2cccc([Si](c3ccccc3)(c3ccccc3)c3ccccc3)c2)cc1. The van der Waals surface area contributed by atoms with Gasteiger partial charge in [0.2, 0.25) is 0 Å². The molecule has 0 atom stereocenters. The molecule has 96 heavy (non-hydrogen) atoms. The highest BCUT2D eigenvalue weighted by Crippen LogP contribution is 2.47. The van der Waals surface area contributed by atoms with Gasteiger partial charge in [0.25, 0.3) is 6.71 Å². The van der Waals surface area contributed by atoms with Gasteiger partial charge >= 0.3 is 0 Å². The highest BCUT2D eigenvalue weighted by atomic mass is 28.3. The number of benzene rings is 13. The first-order valence-corrected chi connectivity index (χ1v) is 38.5. The summed E-state index contributed by atoms with van der Waals surface area (Å²) >= 11 is 0. The van der Waals surface area contributed by atoms with E-state index in [9.17, 15) is 0 Å². The van der Waals surface area contributed by atoms with Crippen LogP contribution in [0.2, 0.25) is 0 Å². The molecule has 13 aromatic carbocycles. The molecule has 0 aliphatic carbocycles. The van der Waals surface area contributed by atoms with Crippen LogP contribution < -0.4 is 73.0 Å². The predicted molar refractivity (Wildman–Crippen MR) is 419 cm³/mol. The number of anilines is 8. The molecule has 2 aliphatic heterocycles. The van der Waals surface area contributed by atoms with Gasteiger partial charge in [-0.1, -0.05) is 322 Å². The Morgan fingerprint density at radius 1 is 0.312 bits per heavy atom. The Labute approximate surface area is 571 Å². The van der Waals surface area contributed by atoms with Crippen molar-refractivity contribution in [2.45, 2.75) is 79.1 Å². The molecule has 1 N–H and O–H groups in total. The summed E-state index contributed by atoms with van der Waals surface area (Å²) in [7, 11) is -6.15. The number of hydrogen-bond donors (Lipinski definition) is 1. The fourth-order valence-electron chi connectivity index (χ4n) is 15.7. The molecule has 0 amide bonds. The average molecular weight is 1270 g/mol. The Morgan fingerprint density at radius 2 is 0.708 bits per heavy atom. The van der Waals surface area contributed by atoms with Gasteiger partial charge in [-0.05, 0) is 164 Å². The van der Waals surface area contributed by atoms with Crippen LogP contribution in [-0.4, -0.2) is 22.9 Å². The molecule has 2 heterocycles. The van der Waals surface area contributed by atoms with Gasteiger partial charge in [0.05, 0.1) is 5.69 Å². The maximum Gasteiger partial charge on any atom is 0.252 e. The van der Waals surface area contributed by atoms with Crippen LogP contribution in [0.1, 0.15) is 101 Å². The zero-order chi connectivity index (χ0) is 65.7. The topological polar surface area (TPSA) is 18.5 Å². The summed E-state index contributed by atoms with van der Waals surface area (Å²) < 4.78 is 0. The summed E-state index contributed by atoms with van der Waals surface area (Å²) in [6, 6.07) is 124. The molecule has 468 valence electrons. The minimum atomic E-state index is -3.14. The van der Waals surface area contributed by atoms with Gasteiger partial charge in [-0.25, -0.2) is 0 Å². The third kappa shape index (κ3) is 10.8. The summed E-state index contributed by atoms with van der Waals surface area (Å²) in [5.41, 5.74) is 20.4. The lowest BCUT2D eigenvalue weighted by molar-refractivity contribution is 0.866. The van der Waals surface area contributed by atoms with E-state index in [2.05, 4.69) is 392 Å². The van der Waals surface area contributed by atoms with Crippen molar-refractivity contribution >= 4 is 126 Å². The second-order valence-electron chi connectivity index (χ2n) is 27.6. The second kappa shape index (κ2) is 25.8. The van der Waals surface area contributed by atoms with Crippen molar-refractivity contribution in [2.24, 2.45) is 0 Å². The van der Waals surface area contributed by atoms with Crippen molar-refractivity contribution in [2.75, 3.05) is 15.1 Å². The van der Waals surface area contributed by atoms with Crippen LogP contribution in [0.5, 0.6) is 0 Å². The smallest absolute Gasteiger partial charge is 0.252 e. The number of nitrogens with zero attached hydrogens (tertiary/aromatic N) is 2. The van der Waals surface area contributed by atoms with E-state index in [0.717, 1.165) is 39.8 Å². The van der Waals surface area contributed by atoms with Gasteiger partial charge in [0.15, 0.2) is 16.1 Å². The first kappa shape index (κ1) is 61.9. The van der Waals surface area contributed by atoms with Crippen molar-refractivity contribution < 1.29 is 0 Å². The quantitative estimate of drug-likeness (QED) is 0.0724. The van der Waals surface area contributed by atoms with E-state index in [1.165, 1.54) is 97.0 Å². The van der Waals surface area contributed by atoms with Crippen molar-refractivity contribution in [1.82, 2.24) is 0 Å².